The van der Waals surface area contributed by atoms with Crippen molar-refractivity contribution < 1.29 is 13.3 Å². The molecule has 0 spiro atoms. The number of hydrogen-bond acceptors (Lipinski definition) is 5. The molecular weight excluding hydrogens is 1050 g/mol. The first-order chi connectivity index (χ1) is 41.9. The molecule has 0 radical (unpaired) electrons. The summed E-state index contributed by atoms with van der Waals surface area (Å²) in [6.45, 7) is 14.5. The quantitative estimate of drug-likeness (QED) is 0.159. The SMILES string of the molecule is CC1(C)c2cc(N(c3ccc(N(c4ccccc4)c4ccccc4)cc3)c3ccc4c(c3)C(C)(C)c3c5c(c6oc7ccccc7c6c3-4)-c3ccccc3C5(C)C)ccc2-c2c1cc(-c1ccc3c(c1)oc1ccccc13)c1oc3ccccc3c21. The van der Waals surface area contributed by atoms with E-state index in [0.717, 1.165) is 106 Å². The number of fused-ring (bicyclic) bond motifs is 22. The Morgan fingerprint density at radius 1 is 0.267 bits per heavy atom. The van der Waals surface area contributed by atoms with Gasteiger partial charge in [-0.25, -0.2) is 0 Å². The van der Waals surface area contributed by atoms with Gasteiger partial charge in [-0.2, -0.15) is 0 Å². The number of rotatable bonds is 7. The first-order valence-corrected chi connectivity index (χ1v) is 30.1. The maximum absolute atomic E-state index is 7.07. The fourth-order valence-corrected chi connectivity index (χ4v) is 15.8. The standard InChI is InChI=1S/C81H58N2O3/c1-79(2)63-44-52(38-41-57(63)70-65(79)46-61(77-72(70)59-27-15-19-31-67(59)85-77)47-33-40-55-54-25-14-18-30-66(54)84-69(55)43-47)83(51-36-34-50(35-37-51)82(48-21-9-7-10-22-48)49-23-11-8-12-24-49)53-39-42-58-64(45-53)81(5,6)75-71(58)73-60-28-16-20-32-68(60)86-78(73)74-56-26-13-17-29-62(56)80(3,4)76(74)75/h7-46H,1-6H3. The smallest absolute Gasteiger partial charge is 0.144 e. The highest BCUT2D eigenvalue weighted by atomic mass is 16.3. The molecule has 3 heterocycles. The molecule has 0 saturated heterocycles. The average molecular weight is 1110 g/mol. The van der Waals surface area contributed by atoms with E-state index in [2.05, 4.69) is 282 Å². The highest BCUT2D eigenvalue weighted by Crippen LogP contribution is 2.64. The zero-order valence-corrected chi connectivity index (χ0v) is 48.7. The van der Waals surface area contributed by atoms with Crippen molar-refractivity contribution in [2.24, 2.45) is 0 Å². The minimum atomic E-state index is -0.405. The first kappa shape index (κ1) is 49.1. The summed E-state index contributed by atoms with van der Waals surface area (Å²) < 4.78 is 20.6. The van der Waals surface area contributed by atoms with Crippen molar-refractivity contribution in [3.63, 3.8) is 0 Å². The molecular formula is C81H58N2O3. The number of nitrogens with zero attached hydrogens (tertiary/aromatic N) is 2. The Labute approximate surface area is 498 Å². The highest BCUT2D eigenvalue weighted by Gasteiger charge is 2.49. The zero-order valence-electron chi connectivity index (χ0n) is 48.7. The van der Waals surface area contributed by atoms with Crippen LogP contribution in [-0.4, -0.2) is 0 Å². The normalized spacial score (nSPS) is 14.7. The summed E-state index contributed by atoms with van der Waals surface area (Å²) in [7, 11) is 0. The van der Waals surface area contributed by atoms with E-state index in [1.54, 1.807) is 0 Å². The molecule has 0 aliphatic heterocycles. The van der Waals surface area contributed by atoms with Crippen LogP contribution in [0, 0.1) is 0 Å². The molecule has 5 nitrogen and oxygen atoms in total. The molecule has 3 aromatic heterocycles. The van der Waals surface area contributed by atoms with Crippen molar-refractivity contribution >= 4 is 99.9 Å². The van der Waals surface area contributed by atoms with Crippen LogP contribution in [0.2, 0.25) is 0 Å². The third-order valence-corrected chi connectivity index (χ3v) is 19.8. The van der Waals surface area contributed by atoms with E-state index >= 15 is 0 Å². The second-order valence-corrected chi connectivity index (χ2v) is 25.5. The van der Waals surface area contributed by atoms with E-state index in [4.69, 9.17) is 13.3 Å². The lowest BCUT2D eigenvalue weighted by Crippen LogP contribution is -2.24. The maximum atomic E-state index is 7.07. The van der Waals surface area contributed by atoms with Crippen LogP contribution in [-0.2, 0) is 16.2 Å². The van der Waals surface area contributed by atoms with E-state index in [0.29, 0.717) is 0 Å². The lowest BCUT2D eigenvalue weighted by atomic mass is 9.72. The van der Waals surface area contributed by atoms with Gasteiger partial charge in [0.2, 0.25) is 0 Å². The molecule has 18 rings (SSSR count). The van der Waals surface area contributed by atoms with Crippen molar-refractivity contribution in [3.05, 3.63) is 276 Å². The molecule has 12 aromatic carbocycles. The van der Waals surface area contributed by atoms with Crippen LogP contribution in [0.4, 0.5) is 34.1 Å². The predicted molar refractivity (Wildman–Crippen MR) is 356 cm³/mol. The van der Waals surface area contributed by atoms with E-state index in [-0.39, 0.29) is 10.8 Å². The van der Waals surface area contributed by atoms with Crippen molar-refractivity contribution in [2.45, 2.75) is 57.8 Å². The predicted octanol–water partition coefficient (Wildman–Crippen LogP) is 22.9. The number of furan rings is 3. The van der Waals surface area contributed by atoms with Crippen LogP contribution >= 0.6 is 0 Å². The molecule has 3 aliphatic carbocycles. The summed E-state index contributed by atoms with van der Waals surface area (Å²) in [6.07, 6.45) is 0. The Kier molecular flexibility index (Phi) is 9.92. The summed E-state index contributed by atoms with van der Waals surface area (Å²) in [6, 6.07) is 88.4. The summed E-state index contributed by atoms with van der Waals surface area (Å²) >= 11 is 0. The fourth-order valence-electron chi connectivity index (χ4n) is 15.8. The van der Waals surface area contributed by atoms with Gasteiger partial charge in [0, 0.05) is 93.8 Å². The van der Waals surface area contributed by atoms with Gasteiger partial charge in [-0.15, -0.1) is 0 Å². The van der Waals surface area contributed by atoms with E-state index < -0.39 is 5.41 Å². The van der Waals surface area contributed by atoms with Gasteiger partial charge in [0.05, 0.1) is 0 Å². The number of anilines is 6. The van der Waals surface area contributed by atoms with E-state index in [9.17, 15) is 0 Å². The molecule has 0 atom stereocenters. The average Bonchev–Trinajstić information content (AvgIpc) is 1.55. The van der Waals surface area contributed by atoms with Gasteiger partial charge >= 0.3 is 0 Å². The first-order valence-electron chi connectivity index (χ1n) is 30.1. The van der Waals surface area contributed by atoms with Crippen LogP contribution < -0.4 is 9.80 Å². The number of benzene rings is 12. The molecule has 3 aliphatic rings. The van der Waals surface area contributed by atoms with Crippen LogP contribution in [0.15, 0.2) is 256 Å². The molecule has 86 heavy (non-hydrogen) atoms. The molecule has 0 unspecified atom stereocenters. The van der Waals surface area contributed by atoms with Crippen molar-refractivity contribution in [1.82, 2.24) is 0 Å². The topological polar surface area (TPSA) is 45.9 Å². The second-order valence-electron chi connectivity index (χ2n) is 25.5. The second kappa shape index (κ2) is 17.4. The fraction of sp³-hybridized carbons (Fsp3) is 0.111. The molecule has 0 amide bonds. The summed E-state index contributed by atoms with van der Waals surface area (Å²) in [5.41, 5.74) is 28.4. The van der Waals surface area contributed by atoms with Crippen LogP contribution in [0.5, 0.6) is 0 Å². The van der Waals surface area contributed by atoms with Gasteiger partial charge in [0.15, 0.2) is 0 Å². The number of para-hydroxylation sites is 5. The Hall–Kier alpha value is -10.4. The maximum Gasteiger partial charge on any atom is 0.144 e. The third kappa shape index (κ3) is 6.60. The van der Waals surface area contributed by atoms with Gasteiger partial charge in [-0.05, 0) is 176 Å². The van der Waals surface area contributed by atoms with Crippen molar-refractivity contribution in [3.8, 4) is 44.5 Å². The van der Waals surface area contributed by atoms with Crippen LogP contribution in [0.3, 0.4) is 0 Å². The molecule has 0 N–H and O–H groups in total. The van der Waals surface area contributed by atoms with E-state index in [1.807, 2.05) is 12.1 Å². The summed E-state index contributed by atoms with van der Waals surface area (Å²) in [5.74, 6) is 0. The monoisotopic (exact) mass is 1110 g/mol. The van der Waals surface area contributed by atoms with Crippen molar-refractivity contribution in [1.29, 1.82) is 0 Å². The largest absolute Gasteiger partial charge is 0.456 e. The minimum Gasteiger partial charge on any atom is -0.456 e. The van der Waals surface area contributed by atoms with Gasteiger partial charge in [-0.3, -0.25) is 0 Å². The van der Waals surface area contributed by atoms with Gasteiger partial charge in [0.25, 0.3) is 0 Å². The molecule has 15 aromatic rings. The van der Waals surface area contributed by atoms with Gasteiger partial charge in [-0.1, -0.05) is 175 Å². The molecule has 410 valence electrons. The Morgan fingerprint density at radius 2 is 0.709 bits per heavy atom. The zero-order chi connectivity index (χ0) is 57.5. The molecule has 0 fully saturated rings. The lowest BCUT2D eigenvalue weighted by molar-refractivity contribution is 0.600. The Morgan fingerprint density at radius 3 is 1.35 bits per heavy atom. The van der Waals surface area contributed by atoms with E-state index in [1.165, 1.54) is 72.1 Å². The van der Waals surface area contributed by atoms with Crippen LogP contribution in [0.25, 0.3) is 110 Å². The summed E-state index contributed by atoms with van der Waals surface area (Å²) in [4.78, 5) is 4.82. The lowest BCUT2D eigenvalue weighted by Gasteiger charge is -2.32. The minimum absolute atomic E-state index is 0.265. The third-order valence-electron chi connectivity index (χ3n) is 19.8. The van der Waals surface area contributed by atoms with Crippen LogP contribution in [0.1, 0.15) is 74.9 Å². The molecule has 0 saturated carbocycles. The Bertz CT molecular complexity index is 5340. The summed E-state index contributed by atoms with van der Waals surface area (Å²) in [5, 5.41) is 6.83. The molecule has 5 heteroatoms. The molecule has 0 bridgehead atoms. The van der Waals surface area contributed by atoms with Gasteiger partial charge in [0.1, 0.15) is 33.5 Å². The Balaban J connectivity index is 0.841. The van der Waals surface area contributed by atoms with Gasteiger partial charge < -0.3 is 23.1 Å². The highest BCUT2D eigenvalue weighted by molar-refractivity contribution is 6.22. The number of hydrogen-bond donors (Lipinski definition) is 0. The van der Waals surface area contributed by atoms with Crippen molar-refractivity contribution in [2.75, 3.05) is 9.80 Å².